The van der Waals surface area contributed by atoms with Crippen molar-refractivity contribution in [2.24, 2.45) is 4.99 Å². The second kappa shape index (κ2) is 7.29. The fraction of sp³-hybridized carbons (Fsp3) is 0.625. The van der Waals surface area contributed by atoms with E-state index in [1.54, 1.807) is 0 Å². The number of hydrogen-bond acceptors (Lipinski definition) is 2. The van der Waals surface area contributed by atoms with E-state index in [9.17, 15) is 0 Å². The number of fused-ring (bicyclic) bond motifs is 1. The third-order valence-corrected chi connectivity index (χ3v) is 3.69. The predicted molar refractivity (Wildman–Crippen MR) is 87.7 cm³/mol. The van der Waals surface area contributed by atoms with Gasteiger partial charge in [-0.25, -0.2) is 4.99 Å². The summed E-state index contributed by atoms with van der Waals surface area (Å²) in [5, 5.41) is 11.5. The van der Waals surface area contributed by atoms with Gasteiger partial charge in [-0.1, -0.05) is 6.08 Å². The molecule has 0 spiro atoms. The zero-order valence-corrected chi connectivity index (χ0v) is 13.4. The lowest BCUT2D eigenvalue weighted by molar-refractivity contribution is 0.499. The van der Waals surface area contributed by atoms with Crippen LogP contribution in [0.3, 0.4) is 0 Å². The molecule has 0 saturated carbocycles. The third kappa shape index (κ3) is 4.09. The van der Waals surface area contributed by atoms with Crippen molar-refractivity contribution in [1.29, 1.82) is 0 Å². The molecule has 5 heteroatoms. The smallest absolute Gasteiger partial charge is 0.191 e. The highest BCUT2D eigenvalue weighted by Crippen LogP contribution is 2.21. The number of hydrogen-bond donors (Lipinski definition) is 2. The standard InChI is InChI=1S/C16H27N5/c1-5-9-18-16(17-6-2)19-14-8-7-13-11-21(12(3)4)20-15(13)10-14/h5,11-12,14H,1,6-10H2,2-4H3,(H2,17,18,19). The molecule has 116 valence electrons. The van der Waals surface area contributed by atoms with Gasteiger partial charge in [0.15, 0.2) is 5.96 Å². The lowest BCUT2D eigenvalue weighted by Gasteiger charge is -2.24. The van der Waals surface area contributed by atoms with E-state index in [4.69, 9.17) is 5.10 Å². The van der Waals surface area contributed by atoms with Crippen LogP contribution in [0, 0.1) is 0 Å². The summed E-state index contributed by atoms with van der Waals surface area (Å²) in [6.45, 7) is 11.6. The third-order valence-electron chi connectivity index (χ3n) is 3.69. The molecular formula is C16H27N5. The molecule has 0 saturated heterocycles. The minimum atomic E-state index is 0.399. The number of guanidine groups is 1. The van der Waals surface area contributed by atoms with Crippen LogP contribution in [0.5, 0.6) is 0 Å². The molecule has 21 heavy (non-hydrogen) atoms. The summed E-state index contributed by atoms with van der Waals surface area (Å²) in [6.07, 6.45) is 7.18. The zero-order chi connectivity index (χ0) is 15.2. The SMILES string of the molecule is C=CCN=C(NCC)NC1CCc2cn(C(C)C)nc2C1. The second-order valence-corrected chi connectivity index (χ2v) is 5.77. The van der Waals surface area contributed by atoms with Gasteiger partial charge in [-0.05, 0) is 39.2 Å². The van der Waals surface area contributed by atoms with Crippen LogP contribution < -0.4 is 10.6 Å². The number of aryl methyl sites for hydroxylation is 1. The highest BCUT2D eigenvalue weighted by Gasteiger charge is 2.22. The molecule has 0 bridgehead atoms. The largest absolute Gasteiger partial charge is 0.357 e. The molecule has 1 atom stereocenters. The van der Waals surface area contributed by atoms with Crippen LogP contribution in [-0.4, -0.2) is 34.9 Å². The zero-order valence-electron chi connectivity index (χ0n) is 13.4. The van der Waals surface area contributed by atoms with Crippen LogP contribution in [-0.2, 0) is 12.8 Å². The van der Waals surface area contributed by atoms with Crippen molar-refractivity contribution < 1.29 is 0 Å². The maximum Gasteiger partial charge on any atom is 0.191 e. The van der Waals surface area contributed by atoms with Gasteiger partial charge in [-0.2, -0.15) is 5.10 Å². The first-order valence-corrected chi connectivity index (χ1v) is 7.86. The van der Waals surface area contributed by atoms with E-state index in [-0.39, 0.29) is 0 Å². The number of rotatable bonds is 5. The van der Waals surface area contributed by atoms with Crippen molar-refractivity contribution >= 4 is 5.96 Å². The lowest BCUT2D eigenvalue weighted by atomic mass is 9.94. The van der Waals surface area contributed by atoms with Crippen LogP contribution in [0.4, 0.5) is 0 Å². The Labute approximate surface area is 127 Å². The van der Waals surface area contributed by atoms with Gasteiger partial charge in [0.25, 0.3) is 0 Å². The van der Waals surface area contributed by atoms with E-state index in [2.05, 4.69) is 53.9 Å². The quantitative estimate of drug-likeness (QED) is 0.495. The monoisotopic (exact) mass is 289 g/mol. The Morgan fingerprint density at radius 2 is 2.43 bits per heavy atom. The molecule has 0 radical (unpaired) electrons. The molecule has 0 fully saturated rings. The van der Waals surface area contributed by atoms with E-state index in [1.165, 1.54) is 11.3 Å². The summed E-state index contributed by atoms with van der Waals surface area (Å²) in [5.74, 6) is 0.870. The Kier molecular flexibility index (Phi) is 5.42. The topological polar surface area (TPSA) is 54.2 Å². The number of aliphatic imine (C=N–C) groups is 1. The molecule has 5 nitrogen and oxygen atoms in total. The van der Waals surface area contributed by atoms with Crippen LogP contribution in [0.1, 0.15) is 44.5 Å². The van der Waals surface area contributed by atoms with Gasteiger partial charge in [0.1, 0.15) is 0 Å². The van der Waals surface area contributed by atoms with E-state index in [0.29, 0.717) is 18.6 Å². The van der Waals surface area contributed by atoms with E-state index >= 15 is 0 Å². The van der Waals surface area contributed by atoms with E-state index < -0.39 is 0 Å². The van der Waals surface area contributed by atoms with Gasteiger partial charge in [0.2, 0.25) is 0 Å². The molecule has 1 heterocycles. The molecular weight excluding hydrogens is 262 g/mol. The highest BCUT2D eigenvalue weighted by molar-refractivity contribution is 5.80. The Morgan fingerprint density at radius 1 is 1.62 bits per heavy atom. The molecule has 1 aromatic rings. The normalized spacial score (nSPS) is 18.5. The fourth-order valence-corrected chi connectivity index (χ4v) is 2.57. The van der Waals surface area contributed by atoms with Crippen molar-refractivity contribution in [3.8, 4) is 0 Å². The van der Waals surface area contributed by atoms with Crippen LogP contribution in [0.25, 0.3) is 0 Å². The number of nitrogens with one attached hydrogen (secondary N) is 2. The molecule has 1 unspecified atom stereocenters. The van der Waals surface area contributed by atoms with Gasteiger partial charge in [-0.15, -0.1) is 6.58 Å². The Balaban J connectivity index is 2.01. The summed E-state index contributed by atoms with van der Waals surface area (Å²) in [6, 6.07) is 0.823. The summed E-state index contributed by atoms with van der Waals surface area (Å²) in [5.41, 5.74) is 2.63. The first kappa shape index (κ1) is 15.6. The van der Waals surface area contributed by atoms with Gasteiger partial charge in [0, 0.05) is 31.2 Å². The molecule has 1 aliphatic carbocycles. The van der Waals surface area contributed by atoms with Crippen LogP contribution in [0.2, 0.25) is 0 Å². The van der Waals surface area contributed by atoms with Crippen molar-refractivity contribution in [3.05, 3.63) is 30.1 Å². The summed E-state index contributed by atoms with van der Waals surface area (Å²) >= 11 is 0. The molecule has 1 aromatic heterocycles. The van der Waals surface area contributed by atoms with Gasteiger partial charge in [-0.3, -0.25) is 4.68 Å². The molecule has 0 aliphatic heterocycles. The minimum absolute atomic E-state index is 0.399. The van der Waals surface area contributed by atoms with Crippen molar-refractivity contribution in [2.75, 3.05) is 13.1 Å². The average molecular weight is 289 g/mol. The van der Waals surface area contributed by atoms with Crippen LogP contribution >= 0.6 is 0 Å². The van der Waals surface area contributed by atoms with Gasteiger partial charge >= 0.3 is 0 Å². The van der Waals surface area contributed by atoms with E-state index in [0.717, 1.165) is 31.8 Å². The predicted octanol–water partition coefficient (Wildman–Crippen LogP) is 2.06. The minimum Gasteiger partial charge on any atom is -0.357 e. The second-order valence-electron chi connectivity index (χ2n) is 5.77. The van der Waals surface area contributed by atoms with Crippen molar-refractivity contribution in [1.82, 2.24) is 20.4 Å². The molecule has 1 aliphatic rings. The first-order valence-electron chi connectivity index (χ1n) is 7.86. The van der Waals surface area contributed by atoms with Crippen molar-refractivity contribution in [2.45, 2.75) is 52.1 Å². The van der Waals surface area contributed by atoms with Crippen molar-refractivity contribution in [3.63, 3.8) is 0 Å². The van der Waals surface area contributed by atoms with Gasteiger partial charge in [0.05, 0.1) is 12.2 Å². The van der Waals surface area contributed by atoms with Crippen LogP contribution in [0.15, 0.2) is 23.8 Å². The Hall–Kier alpha value is -1.78. The van der Waals surface area contributed by atoms with Gasteiger partial charge < -0.3 is 10.6 Å². The summed E-state index contributed by atoms with van der Waals surface area (Å²) in [7, 11) is 0. The Morgan fingerprint density at radius 3 is 3.10 bits per heavy atom. The number of aromatic nitrogens is 2. The lowest BCUT2D eigenvalue weighted by Crippen LogP contribution is -2.45. The first-order chi connectivity index (χ1) is 10.1. The Bertz CT molecular complexity index is 501. The molecule has 2 N–H and O–H groups in total. The molecule has 0 amide bonds. The highest BCUT2D eigenvalue weighted by atomic mass is 15.3. The molecule has 2 rings (SSSR count). The number of nitrogens with zero attached hydrogens (tertiary/aromatic N) is 3. The maximum atomic E-state index is 4.72. The fourth-order valence-electron chi connectivity index (χ4n) is 2.57. The average Bonchev–Trinajstić information content (AvgIpc) is 2.88. The van der Waals surface area contributed by atoms with E-state index in [1.807, 2.05) is 6.08 Å². The summed E-state index contributed by atoms with van der Waals surface area (Å²) < 4.78 is 2.07. The maximum absolute atomic E-state index is 4.72. The molecule has 0 aromatic carbocycles. The summed E-state index contributed by atoms with van der Waals surface area (Å²) in [4.78, 5) is 4.47.